The van der Waals surface area contributed by atoms with Gasteiger partial charge in [0.2, 0.25) is 5.82 Å². The number of hydrogen-bond donors (Lipinski definition) is 1. The second-order valence-electron chi connectivity index (χ2n) is 5.59. The van der Waals surface area contributed by atoms with E-state index in [1.165, 1.54) is 4.68 Å². The molecule has 27 heavy (non-hydrogen) atoms. The van der Waals surface area contributed by atoms with Gasteiger partial charge in [-0.2, -0.15) is 9.67 Å². The van der Waals surface area contributed by atoms with Crippen LogP contribution in [0.25, 0.3) is 28.7 Å². The van der Waals surface area contributed by atoms with Gasteiger partial charge in [-0.25, -0.2) is 0 Å². The highest BCUT2D eigenvalue weighted by molar-refractivity contribution is 9.10. The Bertz CT molecular complexity index is 1060. The van der Waals surface area contributed by atoms with E-state index in [-0.39, 0.29) is 5.89 Å². The van der Waals surface area contributed by atoms with Gasteiger partial charge in [-0.1, -0.05) is 26.3 Å². The van der Waals surface area contributed by atoms with Gasteiger partial charge in [0, 0.05) is 10.0 Å². The molecule has 0 saturated carbocycles. The maximum atomic E-state index is 6.19. The molecule has 0 bridgehead atoms. The molecule has 4 rings (SSSR count). The van der Waals surface area contributed by atoms with Crippen molar-refractivity contribution in [3.63, 3.8) is 0 Å². The minimum absolute atomic E-state index is 0.208. The predicted molar refractivity (Wildman–Crippen MR) is 103 cm³/mol. The normalized spacial score (nSPS) is 10.9. The Labute approximate surface area is 163 Å². The zero-order valence-electron chi connectivity index (χ0n) is 14.3. The average Bonchev–Trinajstić information content (AvgIpc) is 3.30. The minimum atomic E-state index is 0.208. The smallest absolute Gasteiger partial charge is 0.282 e. The van der Waals surface area contributed by atoms with Crippen molar-refractivity contribution in [3.05, 3.63) is 53.0 Å². The molecular weight excluding hydrogens is 412 g/mol. The van der Waals surface area contributed by atoms with Gasteiger partial charge in [-0.05, 0) is 55.5 Å². The van der Waals surface area contributed by atoms with Gasteiger partial charge in [0.05, 0.1) is 12.3 Å². The van der Waals surface area contributed by atoms with Crippen molar-refractivity contribution in [2.24, 2.45) is 0 Å². The zero-order chi connectivity index (χ0) is 18.8. The summed E-state index contributed by atoms with van der Waals surface area (Å²) in [6.07, 6.45) is 0. The molecule has 2 aromatic carbocycles. The van der Waals surface area contributed by atoms with Crippen LogP contribution in [0.3, 0.4) is 0 Å². The number of nitrogen functional groups attached to an aromatic ring is 1. The fraction of sp³-hybridized carbons (Fsp3) is 0.111. The quantitative estimate of drug-likeness (QED) is 0.518. The third-order valence-electron chi connectivity index (χ3n) is 3.83. The van der Waals surface area contributed by atoms with Crippen molar-refractivity contribution < 1.29 is 9.26 Å². The van der Waals surface area contributed by atoms with Gasteiger partial charge in [0.15, 0.2) is 11.5 Å². The van der Waals surface area contributed by atoms with E-state index in [1.807, 2.05) is 55.5 Å². The van der Waals surface area contributed by atoms with Crippen LogP contribution in [0, 0.1) is 0 Å². The number of aromatic nitrogens is 5. The standard InChI is InChI=1S/C18H15BrN6O2/c1-2-26-14-9-3-11(4-10-14)17-21-18(27-23-17)15-16(20)25(24-22-15)13-7-5-12(19)6-8-13/h3-10H,2,20H2,1H3. The first-order chi connectivity index (χ1) is 13.2. The number of nitrogens with zero attached hydrogens (tertiary/aromatic N) is 5. The van der Waals surface area contributed by atoms with E-state index in [1.54, 1.807) is 0 Å². The predicted octanol–water partition coefficient (Wildman–Crippen LogP) is 3.73. The highest BCUT2D eigenvalue weighted by Gasteiger charge is 2.19. The summed E-state index contributed by atoms with van der Waals surface area (Å²) in [7, 11) is 0. The molecule has 0 amide bonds. The second-order valence-corrected chi connectivity index (χ2v) is 6.51. The second kappa shape index (κ2) is 7.20. The molecule has 4 aromatic rings. The van der Waals surface area contributed by atoms with Crippen molar-refractivity contribution in [2.45, 2.75) is 6.92 Å². The van der Waals surface area contributed by atoms with E-state index < -0.39 is 0 Å². The third-order valence-corrected chi connectivity index (χ3v) is 4.36. The molecule has 0 saturated heterocycles. The summed E-state index contributed by atoms with van der Waals surface area (Å²) in [5, 5.41) is 12.2. The van der Waals surface area contributed by atoms with Crippen LogP contribution in [-0.2, 0) is 0 Å². The van der Waals surface area contributed by atoms with Gasteiger partial charge in [-0.15, -0.1) is 5.10 Å². The summed E-state index contributed by atoms with van der Waals surface area (Å²) in [5.41, 5.74) is 8.10. The number of halogens is 1. The lowest BCUT2D eigenvalue weighted by atomic mass is 10.2. The Balaban J connectivity index is 1.63. The van der Waals surface area contributed by atoms with Crippen LogP contribution in [0.15, 0.2) is 57.5 Å². The molecule has 8 nitrogen and oxygen atoms in total. The van der Waals surface area contributed by atoms with Crippen LogP contribution in [-0.4, -0.2) is 31.7 Å². The zero-order valence-corrected chi connectivity index (χ0v) is 15.9. The number of hydrogen-bond acceptors (Lipinski definition) is 7. The highest BCUT2D eigenvalue weighted by Crippen LogP contribution is 2.27. The van der Waals surface area contributed by atoms with Crippen molar-refractivity contribution in [3.8, 4) is 34.4 Å². The van der Waals surface area contributed by atoms with Crippen LogP contribution < -0.4 is 10.5 Å². The van der Waals surface area contributed by atoms with Gasteiger partial charge in [-0.3, -0.25) is 0 Å². The van der Waals surface area contributed by atoms with E-state index in [2.05, 4.69) is 36.4 Å². The molecule has 0 aliphatic carbocycles. The van der Waals surface area contributed by atoms with E-state index in [4.69, 9.17) is 15.0 Å². The van der Waals surface area contributed by atoms with E-state index >= 15 is 0 Å². The molecule has 2 aromatic heterocycles. The number of benzene rings is 2. The Morgan fingerprint density at radius 2 is 1.85 bits per heavy atom. The fourth-order valence-electron chi connectivity index (χ4n) is 2.52. The van der Waals surface area contributed by atoms with Crippen LogP contribution >= 0.6 is 15.9 Å². The SMILES string of the molecule is CCOc1ccc(-c2noc(-c3nnn(-c4ccc(Br)cc4)c3N)n2)cc1. The van der Waals surface area contributed by atoms with Gasteiger partial charge in [0.25, 0.3) is 5.89 Å². The maximum Gasteiger partial charge on any atom is 0.282 e. The highest BCUT2D eigenvalue weighted by atomic mass is 79.9. The minimum Gasteiger partial charge on any atom is -0.494 e. The molecule has 136 valence electrons. The number of nitrogens with two attached hydrogens (primary N) is 1. The first-order valence-electron chi connectivity index (χ1n) is 8.20. The Morgan fingerprint density at radius 1 is 1.11 bits per heavy atom. The summed E-state index contributed by atoms with van der Waals surface area (Å²) in [6.45, 7) is 2.55. The lowest BCUT2D eigenvalue weighted by molar-refractivity contribution is 0.340. The van der Waals surface area contributed by atoms with Crippen LogP contribution in [0.5, 0.6) is 5.75 Å². The third kappa shape index (κ3) is 3.41. The summed E-state index contributed by atoms with van der Waals surface area (Å²) in [6, 6.07) is 15.0. The van der Waals surface area contributed by atoms with Gasteiger partial charge >= 0.3 is 0 Å². The first-order valence-corrected chi connectivity index (χ1v) is 8.99. The van der Waals surface area contributed by atoms with Crippen molar-refractivity contribution in [1.29, 1.82) is 0 Å². The molecule has 0 unspecified atom stereocenters. The molecule has 2 N–H and O–H groups in total. The first kappa shape index (κ1) is 17.2. The van der Waals surface area contributed by atoms with Crippen LogP contribution in [0.1, 0.15) is 6.92 Å². The summed E-state index contributed by atoms with van der Waals surface area (Å²) >= 11 is 3.40. The van der Waals surface area contributed by atoms with Gasteiger partial charge < -0.3 is 15.0 Å². The average molecular weight is 427 g/mol. The van der Waals surface area contributed by atoms with Crippen molar-refractivity contribution >= 4 is 21.7 Å². The topological polar surface area (TPSA) is 105 Å². The van der Waals surface area contributed by atoms with Gasteiger partial charge in [0.1, 0.15) is 5.75 Å². The summed E-state index contributed by atoms with van der Waals surface area (Å²) in [5.74, 6) is 1.75. The number of anilines is 1. The Kier molecular flexibility index (Phi) is 4.59. The molecule has 0 radical (unpaired) electrons. The number of ether oxygens (including phenoxy) is 1. The molecule has 0 aliphatic rings. The van der Waals surface area contributed by atoms with Crippen LogP contribution in [0.2, 0.25) is 0 Å². The maximum absolute atomic E-state index is 6.19. The van der Waals surface area contributed by atoms with Crippen molar-refractivity contribution in [1.82, 2.24) is 25.1 Å². The monoisotopic (exact) mass is 426 g/mol. The molecule has 2 heterocycles. The summed E-state index contributed by atoms with van der Waals surface area (Å²) < 4.78 is 13.2. The molecule has 9 heteroatoms. The summed E-state index contributed by atoms with van der Waals surface area (Å²) in [4.78, 5) is 4.39. The molecule has 0 aliphatic heterocycles. The Hall–Kier alpha value is -3.20. The Morgan fingerprint density at radius 3 is 2.56 bits per heavy atom. The fourth-order valence-corrected chi connectivity index (χ4v) is 2.78. The van der Waals surface area contributed by atoms with E-state index in [0.717, 1.165) is 21.5 Å². The van der Waals surface area contributed by atoms with Crippen LogP contribution in [0.4, 0.5) is 5.82 Å². The number of rotatable bonds is 5. The molecule has 0 spiro atoms. The largest absolute Gasteiger partial charge is 0.494 e. The lowest BCUT2D eigenvalue weighted by Crippen LogP contribution is -2.02. The lowest BCUT2D eigenvalue weighted by Gasteiger charge is -2.02. The molecule has 0 fully saturated rings. The molecular formula is C18H15BrN6O2. The van der Waals surface area contributed by atoms with Crippen molar-refractivity contribution in [2.75, 3.05) is 12.3 Å². The molecule has 0 atom stereocenters. The van der Waals surface area contributed by atoms with E-state index in [9.17, 15) is 0 Å². The van der Waals surface area contributed by atoms with E-state index in [0.29, 0.717) is 23.9 Å².